The van der Waals surface area contributed by atoms with Crippen LogP contribution in [0, 0.1) is 0 Å². The Morgan fingerprint density at radius 1 is 1.27 bits per heavy atom. The first-order chi connectivity index (χ1) is 10.6. The summed E-state index contributed by atoms with van der Waals surface area (Å²) in [6, 6.07) is 11.1. The number of thioether (sulfide) groups is 1. The zero-order chi connectivity index (χ0) is 15.5. The average molecular weight is 347 g/mol. The van der Waals surface area contributed by atoms with Crippen LogP contribution in [0.2, 0.25) is 5.02 Å². The number of aromatic nitrogens is 1. The Kier molecular flexibility index (Phi) is 4.57. The van der Waals surface area contributed by atoms with Gasteiger partial charge in [-0.1, -0.05) is 53.8 Å². The third-order valence-electron chi connectivity index (χ3n) is 3.10. The molecule has 6 heteroatoms. The predicted octanol–water partition coefficient (Wildman–Crippen LogP) is 4.14. The number of hydrogen-bond donors (Lipinski definition) is 0. The Hall–Kier alpha value is -1.69. The molecule has 22 heavy (non-hydrogen) atoms. The van der Waals surface area contributed by atoms with Crippen LogP contribution in [0.4, 0.5) is 0 Å². The molecule has 2 heterocycles. The zero-order valence-electron chi connectivity index (χ0n) is 11.4. The number of carbonyl (C=O) groups excluding carboxylic acids is 1. The van der Waals surface area contributed by atoms with Crippen molar-refractivity contribution in [2.24, 2.45) is 0 Å². The third-order valence-corrected chi connectivity index (χ3v) is 4.73. The molecule has 0 N–H and O–H groups in total. The first-order valence-corrected chi connectivity index (χ1v) is 8.13. The predicted molar refractivity (Wildman–Crippen MR) is 94.4 cm³/mol. The van der Waals surface area contributed by atoms with Crippen molar-refractivity contribution in [2.45, 2.75) is 6.54 Å². The molecule has 1 aliphatic heterocycles. The SMILES string of the molecule is O=C1/C(=C/c2ccc(Cl)cc2)SC(=S)N1Cc1cccnc1. The Morgan fingerprint density at radius 2 is 2.05 bits per heavy atom. The molecule has 1 aliphatic rings. The van der Waals surface area contributed by atoms with Gasteiger partial charge in [0.25, 0.3) is 5.91 Å². The van der Waals surface area contributed by atoms with Crippen molar-refractivity contribution in [2.75, 3.05) is 0 Å². The van der Waals surface area contributed by atoms with Gasteiger partial charge in [-0.15, -0.1) is 0 Å². The molecular formula is C16H11ClN2OS2. The second-order valence-corrected chi connectivity index (χ2v) is 6.79. The smallest absolute Gasteiger partial charge is 0.266 e. The zero-order valence-corrected chi connectivity index (χ0v) is 13.8. The molecule has 1 aromatic heterocycles. The number of carbonyl (C=O) groups is 1. The number of hydrogen-bond acceptors (Lipinski definition) is 4. The van der Waals surface area contributed by atoms with Gasteiger partial charge in [-0.05, 0) is 35.4 Å². The van der Waals surface area contributed by atoms with Crippen LogP contribution in [0.15, 0.2) is 53.7 Å². The first-order valence-electron chi connectivity index (χ1n) is 6.53. The molecule has 1 aromatic carbocycles. The normalized spacial score (nSPS) is 16.6. The van der Waals surface area contributed by atoms with E-state index in [2.05, 4.69) is 4.98 Å². The third kappa shape index (κ3) is 3.38. The highest BCUT2D eigenvalue weighted by Gasteiger charge is 2.31. The van der Waals surface area contributed by atoms with Gasteiger partial charge in [0.05, 0.1) is 11.4 Å². The fourth-order valence-electron chi connectivity index (χ4n) is 2.02. The van der Waals surface area contributed by atoms with Crippen LogP contribution in [0.5, 0.6) is 0 Å². The Labute approximate surface area is 143 Å². The van der Waals surface area contributed by atoms with Crippen LogP contribution in [0.1, 0.15) is 11.1 Å². The largest absolute Gasteiger partial charge is 0.288 e. The van der Waals surface area contributed by atoms with Gasteiger partial charge in [-0.2, -0.15) is 0 Å². The van der Waals surface area contributed by atoms with Crippen molar-refractivity contribution < 1.29 is 4.79 Å². The molecule has 1 fully saturated rings. The van der Waals surface area contributed by atoms with Gasteiger partial charge < -0.3 is 0 Å². The lowest BCUT2D eigenvalue weighted by Gasteiger charge is -2.13. The second-order valence-electron chi connectivity index (χ2n) is 4.68. The average Bonchev–Trinajstić information content (AvgIpc) is 2.78. The van der Waals surface area contributed by atoms with Crippen LogP contribution in [0.3, 0.4) is 0 Å². The van der Waals surface area contributed by atoms with E-state index in [9.17, 15) is 4.79 Å². The molecule has 0 aliphatic carbocycles. The summed E-state index contributed by atoms with van der Waals surface area (Å²) >= 11 is 12.5. The number of halogens is 1. The maximum Gasteiger partial charge on any atom is 0.266 e. The molecule has 0 unspecified atom stereocenters. The molecule has 3 rings (SSSR count). The number of benzene rings is 1. The summed E-state index contributed by atoms with van der Waals surface area (Å²) in [7, 11) is 0. The summed E-state index contributed by atoms with van der Waals surface area (Å²) in [6.07, 6.45) is 5.27. The van der Waals surface area contributed by atoms with Crippen molar-refractivity contribution in [1.29, 1.82) is 0 Å². The van der Waals surface area contributed by atoms with Crippen molar-refractivity contribution in [1.82, 2.24) is 9.88 Å². The first kappa shape index (κ1) is 15.2. The van der Waals surface area contributed by atoms with E-state index in [4.69, 9.17) is 23.8 Å². The van der Waals surface area contributed by atoms with Crippen molar-refractivity contribution in [3.8, 4) is 0 Å². The summed E-state index contributed by atoms with van der Waals surface area (Å²) in [5.41, 5.74) is 1.87. The second kappa shape index (κ2) is 6.60. The van der Waals surface area contributed by atoms with Gasteiger partial charge in [-0.25, -0.2) is 0 Å². The number of amides is 1. The fourth-order valence-corrected chi connectivity index (χ4v) is 3.40. The Bertz CT molecular complexity index is 745. The van der Waals surface area contributed by atoms with E-state index in [-0.39, 0.29) is 5.91 Å². The van der Waals surface area contributed by atoms with Crippen LogP contribution in [-0.2, 0) is 11.3 Å². The lowest BCUT2D eigenvalue weighted by Crippen LogP contribution is -2.27. The van der Waals surface area contributed by atoms with E-state index >= 15 is 0 Å². The van der Waals surface area contributed by atoms with Crippen molar-refractivity contribution in [3.63, 3.8) is 0 Å². The molecule has 3 nitrogen and oxygen atoms in total. The van der Waals surface area contributed by atoms with Gasteiger partial charge in [0, 0.05) is 17.4 Å². The van der Waals surface area contributed by atoms with Gasteiger partial charge in [0.2, 0.25) is 0 Å². The Balaban J connectivity index is 1.80. The minimum absolute atomic E-state index is 0.0752. The van der Waals surface area contributed by atoms with E-state index in [1.807, 2.05) is 30.3 Å². The molecule has 0 saturated carbocycles. The molecule has 0 bridgehead atoms. The summed E-state index contributed by atoms with van der Waals surface area (Å²) < 4.78 is 0.564. The van der Waals surface area contributed by atoms with Gasteiger partial charge in [0.15, 0.2) is 0 Å². The standard InChI is InChI=1S/C16H11ClN2OS2/c17-13-5-3-11(4-6-13)8-14-15(20)19(16(21)22-14)10-12-2-1-7-18-9-12/h1-9H,10H2/b14-8-. The molecule has 1 saturated heterocycles. The molecular weight excluding hydrogens is 336 g/mol. The van der Waals surface area contributed by atoms with E-state index in [0.29, 0.717) is 20.8 Å². The van der Waals surface area contributed by atoms with E-state index < -0.39 is 0 Å². The quantitative estimate of drug-likeness (QED) is 0.618. The number of nitrogens with zero attached hydrogens (tertiary/aromatic N) is 2. The maximum absolute atomic E-state index is 12.5. The minimum Gasteiger partial charge on any atom is -0.288 e. The van der Waals surface area contributed by atoms with Gasteiger partial charge in [-0.3, -0.25) is 14.7 Å². The van der Waals surface area contributed by atoms with Crippen molar-refractivity contribution in [3.05, 3.63) is 69.8 Å². The molecule has 0 spiro atoms. The van der Waals surface area contributed by atoms with E-state index in [1.165, 1.54) is 11.8 Å². The van der Waals surface area contributed by atoms with Crippen LogP contribution >= 0.6 is 35.6 Å². The number of thiocarbonyl (C=S) groups is 1. The summed E-state index contributed by atoms with van der Waals surface area (Å²) in [5.74, 6) is -0.0752. The molecule has 1 amide bonds. The van der Waals surface area contributed by atoms with Crippen LogP contribution < -0.4 is 0 Å². The summed E-state index contributed by atoms with van der Waals surface area (Å²) in [6.45, 7) is 0.441. The highest BCUT2D eigenvalue weighted by Crippen LogP contribution is 2.33. The van der Waals surface area contributed by atoms with Gasteiger partial charge in [0.1, 0.15) is 4.32 Å². The van der Waals surface area contributed by atoms with E-state index in [1.54, 1.807) is 29.4 Å². The van der Waals surface area contributed by atoms with E-state index in [0.717, 1.165) is 11.1 Å². The summed E-state index contributed by atoms with van der Waals surface area (Å²) in [4.78, 5) is 18.8. The maximum atomic E-state index is 12.5. The molecule has 0 radical (unpaired) electrons. The highest BCUT2D eigenvalue weighted by atomic mass is 35.5. The monoisotopic (exact) mass is 346 g/mol. The Morgan fingerprint density at radius 3 is 2.73 bits per heavy atom. The topological polar surface area (TPSA) is 33.2 Å². The van der Waals surface area contributed by atoms with Crippen LogP contribution in [-0.4, -0.2) is 20.1 Å². The van der Waals surface area contributed by atoms with Gasteiger partial charge >= 0.3 is 0 Å². The van der Waals surface area contributed by atoms with Crippen molar-refractivity contribution >= 4 is 51.9 Å². The van der Waals surface area contributed by atoms with Crippen LogP contribution in [0.25, 0.3) is 6.08 Å². The lowest BCUT2D eigenvalue weighted by atomic mass is 10.2. The number of rotatable bonds is 3. The highest BCUT2D eigenvalue weighted by molar-refractivity contribution is 8.26. The summed E-state index contributed by atoms with van der Waals surface area (Å²) in [5, 5.41) is 0.668. The molecule has 0 atom stereocenters. The molecule has 110 valence electrons. The minimum atomic E-state index is -0.0752. The molecule has 2 aromatic rings. The fraction of sp³-hybridized carbons (Fsp3) is 0.0625. The number of pyridine rings is 1. The lowest BCUT2D eigenvalue weighted by molar-refractivity contribution is -0.122.